The predicted octanol–water partition coefficient (Wildman–Crippen LogP) is 0.0506. The first kappa shape index (κ1) is 7.22. The number of fused-ring (bicyclic) bond motifs is 1. The molecule has 2 rings (SSSR count). The van der Waals surface area contributed by atoms with Crippen molar-refractivity contribution in [2.75, 3.05) is 0 Å². The lowest BCUT2D eigenvalue weighted by atomic mass is 10.2. The summed E-state index contributed by atoms with van der Waals surface area (Å²) in [4.78, 5) is 0. The van der Waals surface area contributed by atoms with Crippen LogP contribution in [0.2, 0.25) is 0 Å². The van der Waals surface area contributed by atoms with Crippen molar-refractivity contribution in [3.8, 4) is 0 Å². The van der Waals surface area contributed by atoms with E-state index in [1.807, 2.05) is 6.20 Å². The van der Waals surface area contributed by atoms with Crippen molar-refractivity contribution < 1.29 is 0 Å². The average Bonchev–Trinajstić information content (AvgIpc) is 2.17. The fourth-order valence-electron chi connectivity index (χ4n) is 1.44. The Morgan fingerprint density at radius 3 is 2.92 bits per heavy atom. The largest absolute Gasteiger partial charge is 0.308 e. The molecule has 1 aliphatic rings. The fourth-order valence-corrected chi connectivity index (χ4v) is 1.44. The predicted molar refractivity (Wildman–Crippen MR) is 50.1 cm³/mol. The van der Waals surface area contributed by atoms with Crippen LogP contribution in [0.15, 0.2) is 24.3 Å². The molecule has 62 valence electrons. The summed E-state index contributed by atoms with van der Waals surface area (Å²) in [5, 5.41) is 2.56. The highest BCUT2D eigenvalue weighted by Gasteiger charge is 1.98. The molecule has 1 aliphatic heterocycles. The van der Waals surface area contributed by atoms with Crippen molar-refractivity contribution >= 4 is 11.9 Å². The molecule has 0 radical (unpaired) electrons. The van der Waals surface area contributed by atoms with Gasteiger partial charge in [-0.25, -0.2) is 0 Å². The third-order valence-corrected chi connectivity index (χ3v) is 2.09. The van der Waals surface area contributed by atoms with Gasteiger partial charge in [-0.05, 0) is 6.42 Å². The van der Waals surface area contributed by atoms with Gasteiger partial charge in [0.1, 0.15) is 0 Å². The van der Waals surface area contributed by atoms with E-state index in [1.54, 1.807) is 0 Å². The first-order valence-electron chi connectivity index (χ1n) is 4.22. The lowest BCUT2D eigenvalue weighted by Gasteiger charge is -2.13. The molecular weight excluding hydrogens is 148 g/mol. The van der Waals surface area contributed by atoms with Crippen molar-refractivity contribution in [2.45, 2.75) is 13.3 Å². The summed E-state index contributed by atoms with van der Waals surface area (Å²) in [7, 11) is 0. The van der Waals surface area contributed by atoms with Crippen molar-refractivity contribution in [1.29, 1.82) is 0 Å². The second kappa shape index (κ2) is 2.89. The Bertz CT molecular complexity index is 393. The van der Waals surface area contributed by atoms with Crippen LogP contribution >= 0.6 is 0 Å². The summed E-state index contributed by atoms with van der Waals surface area (Å²) in [6.07, 6.45) is 3.01. The Hall–Kier alpha value is -1.44. The molecule has 0 atom stereocenters. The van der Waals surface area contributed by atoms with Gasteiger partial charge in [0.2, 0.25) is 0 Å². The Labute approximate surface area is 71.6 Å². The van der Waals surface area contributed by atoms with Crippen molar-refractivity contribution in [3.63, 3.8) is 0 Å². The summed E-state index contributed by atoms with van der Waals surface area (Å²) < 4.78 is 0. The van der Waals surface area contributed by atoms with E-state index in [0.717, 1.165) is 6.42 Å². The fraction of sp³-hybridized carbons (Fsp3) is 0.200. The van der Waals surface area contributed by atoms with E-state index in [0.29, 0.717) is 0 Å². The minimum atomic E-state index is 1.03. The molecule has 12 heavy (non-hydrogen) atoms. The van der Waals surface area contributed by atoms with Crippen LogP contribution in [0.25, 0.3) is 11.9 Å². The molecule has 0 amide bonds. The van der Waals surface area contributed by atoms with Gasteiger partial charge in [-0.2, -0.15) is 0 Å². The van der Waals surface area contributed by atoms with Crippen LogP contribution < -0.4 is 21.3 Å². The van der Waals surface area contributed by atoms with Crippen LogP contribution in [-0.2, 0) is 0 Å². The van der Waals surface area contributed by atoms with E-state index in [1.165, 1.54) is 16.1 Å². The van der Waals surface area contributed by atoms with Gasteiger partial charge in [-0.1, -0.05) is 31.2 Å². The molecule has 0 fully saturated rings. The Balaban J connectivity index is 2.78. The third kappa shape index (κ3) is 1.05. The molecule has 2 nitrogen and oxygen atoms in total. The quantitative estimate of drug-likeness (QED) is 0.606. The highest BCUT2D eigenvalue weighted by Crippen LogP contribution is 1.92. The minimum Gasteiger partial charge on any atom is -0.308 e. The molecule has 2 heteroatoms. The second-order valence-electron chi connectivity index (χ2n) is 2.83. The van der Waals surface area contributed by atoms with Crippen molar-refractivity contribution in [2.24, 2.45) is 0 Å². The molecule has 0 aromatic heterocycles. The SMILES string of the molecule is CCC1=c2ccccc2=CNN1. The average molecular weight is 160 g/mol. The highest BCUT2D eigenvalue weighted by molar-refractivity contribution is 5.46. The first-order valence-corrected chi connectivity index (χ1v) is 4.22. The Kier molecular flexibility index (Phi) is 1.74. The van der Waals surface area contributed by atoms with E-state index in [9.17, 15) is 0 Å². The van der Waals surface area contributed by atoms with Crippen LogP contribution in [0.3, 0.4) is 0 Å². The maximum Gasteiger partial charge on any atom is 0.0389 e. The van der Waals surface area contributed by atoms with Gasteiger partial charge in [-0.3, -0.25) is 0 Å². The van der Waals surface area contributed by atoms with Gasteiger partial charge >= 0.3 is 0 Å². The van der Waals surface area contributed by atoms with Gasteiger partial charge in [0.25, 0.3) is 0 Å². The van der Waals surface area contributed by atoms with E-state index in [4.69, 9.17) is 0 Å². The Morgan fingerprint density at radius 2 is 2.08 bits per heavy atom. The third-order valence-electron chi connectivity index (χ3n) is 2.09. The van der Waals surface area contributed by atoms with Crippen LogP contribution in [0.1, 0.15) is 13.3 Å². The molecule has 0 saturated carbocycles. The van der Waals surface area contributed by atoms with Crippen molar-refractivity contribution in [3.05, 3.63) is 34.7 Å². The normalized spacial score (nSPS) is 13.9. The zero-order chi connectivity index (χ0) is 8.39. The van der Waals surface area contributed by atoms with E-state index in [2.05, 4.69) is 42.0 Å². The van der Waals surface area contributed by atoms with Gasteiger partial charge in [0, 0.05) is 22.3 Å². The maximum absolute atomic E-state index is 3.14. The molecule has 1 aromatic rings. The monoisotopic (exact) mass is 160 g/mol. The molecule has 2 N–H and O–H groups in total. The summed E-state index contributed by atoms with van der Waals surface area (Å²) in [5.41, 5.74) is 7.42. The van der Waals surface area contributed by atoms with Crippen LogP contribution in [0.5, 0.6) is 0 Å². The summed E-state index contributed by atoms with van der Waals surface area (Å²) in [5.74, 6) is 0. The summed E-state index contributed by atoms with van der Waals surface area (Å²) >= 11 is 0. The molecule has 0 saturated heterocycles. The summed E-state index contributed by atoms with van der Waals surface area (Å²) in [6.45, 7) is 2.14. The molecule has 1 aromatic carbocycles. The minimum absolute atomic E-state index is 1.03. The highest BCUT2D eigenvalue weighted by atomic mass is 15.3. The molecule has 0 aliphatic carbocycles. The second-order valence-corrected chi connectivity index (χ2v) is 2.83. The number of benzene rings is 1. The summed E-state index contributed by atoms with van der Waals surface area (Å²) in [6, 6.07) is 8.36. The molecule has 0 unspecified atom stereocenters. The van der Waals surface area contributed by atoms with Gasteiger partial charge in [-0.15, -0.1) is 0 Å². The van der Waals surface area contributed by atoms with Crippen molar-refractivity contribution in [1.82, 2.24) is 10.9 Å². The number of hydrogen-bond acceptors (Lipinski definition) is 2. The smallest absolute Gasteiger partial charge is 0.0389 e. The van der Waals surface area contributed by atoms with E-state index < -0.39 is 0 Å². The van der Waals surface area contributed by atoms with Gasteiger partial charge in [0.05, 0.1) is 0 Å². The van der Waals surface area contributed by atoms with Crippen LogP contribution in [0, 0.1) is 0 Å². The van der Waals surface area contributed by atoms with Gasteiger partial charge < -0.3 is 10.9 Å². The van der Waals surface area contributed by atoms with Crippen LogP contribution in [-0.4, -0.2) is 0 Å². The van der Waals surface area contributed by atoms with E-state index in [-0.39, 0.29) is 0 Å². The molecule has 1 heterocycles. The molecule has 0 bridgehead atoms. The van der Waals surface area contributed by atoms with Gasteiger partial charge in [0.15, 0.2) is 0 Å². The lowest BCUT2D eigenvalue weighted by Crippen LogP contribution is -2.42. The zero-order valence-electron chi connectivity index (χ0n) is 7.09. The van der Waals surface area contributed by atoms with E-state index >= 15 is 0 Å². The number of nitrogens with one attached hydrogen (secondary N) is 2. The molecular formula is C10H12N2. The standard InChI is InChI=1S/C10H12N2/c1-2-10-9-6-4-3-5-8(9)7-11-12-10/h3-7,11-12H,2H2,1H3. The zero-order valence-corrected chi connectivity index (χ0v) is 7.09. The number of rotatable bonds is 1. The topological polar surface area (TPSA) is 24.1 Å². The first-order chi connectivity index (χ1) is 5.92. The van der Waals surface area contributed by atoms with Crippen LogP contribution in [0.4, 0.5) is 0 Å². The lowest BCUT2D eigenvalue weighted by molar-refractivity contribution is 0.788. The number of hydrazine groups is 1. The molecule has 0 spiro atoms. The Morgan fingerprint density at radius 1 is 1.25 bits per heavy atom. The maximum atomic E-state index is 3.14. The number of hydrogen-bond donors (Lipinski definition) is 2.